The number of nitriles is 1. The van der Waals surface area contributed by atoms with E-state index in [4.69, 9.17) is 11.6 Å². The van der Waals surface area contributed by atoms with Crippen LogP contribution in [0.5, 0.6) is 0 Å². The Kier molecular flexibility index (Phi) is 7.91. The highest BCUT2D eigenvalue weighted by Gasteiger charge is 2.40. The normalized spacial score (nSPS) is 16.7. The fourth-order valence-electron chi connectivity index (χ4n) is 3.83. The molecule has 0 radical (unpaired) electrons. The van der Waals surface area contributed by atoms with Crippen molar-refractivity contribution in [1.29, 1.82) is 5.26 Å². The van der Waals surface area contributed by atoms with Crippen molar-refractivity contribution in [3.8, 4) is 6.07 Å². The third kappa shape index (κ3) is 5.76. The van der Waals surface area contributed by atoms with Crippen molar-refractivity contribution in [3.63, 3.8) is 0 Å². The van der Waals surface area contributed by atoms with Crippen LogP contribution >= 0.6 is 23.4 Å². The zero-order chi connectivity index (χ0) is 24.8. The maximum atomic E-state index is 13.5. The number of anilines is 1. The maximum absolute atomic E-state index is 13.5. The van der Waals surface area contributed by atoms with Crippen molar-refractivity contribution in [2.24, 2.45) is 0 Å². The number of hydrogen-bond acceptors (Lipinski definition) is 4. The number of rotatable bonds is 7. The summed E-state index contributed by atoms with van der Waals surface area (Å²) in [7, 11) is 0. The molecule has 1 saturated heterocycles. The number of nitrogens with zero attached hydrogens (tertiary/aromatic N) is 2. The summed E-state index contributed by atoms with van der Waals surface area (Å²) in [5, 5.41) is 13.3. The van der Waals surface area contributed by atoms with Gasteiger partial charge in [-0.2, -0.15) is 5.26 Å². The van der Waals surface area contributed by atoms with E-state index in [0.717, 1.165) is 16.7 Å². The molecule has 1 fully saturated rings. The second-order valence-electron chi connectivity index (χ2n) is 8.19. The minimum atomic E-state index is -0.487. The van der Waals surface area contributed by atoms with Crippen LogP contribution in [0, 0.1) is 18.3 Å². The standard InChI is InChI=1S/C28H24ClN3O2S/c1-19-12-13-21(16-24(19)29)17-25-27(34)32(22-10-6-3-7-11-22)28(35-25)23(18-30)26(33)31-15-14-20-8-4-2-5-9-20/h2-13,16,25H,14-15,17H2,1H3,(H,31,33)/b28-23-. The lowest BCUT2D eigenvalue weighted by molar-refractivity contribution is -0.117. The molecule has 0 aliphatic carbocycles. The zero-order valence-corrected chi connectivity index (χ0v) is 20.8. The number of carbonyl (C=O) groups excluding carboxylic acids is 2. The number of benzene rings is 3. The minimum absolute atomic E-state index is 0.0651. The molecule has 0 aromatic heterocycles. The Hall–Kier alpha value is -3.53. The summed E-state index contributed by atoms with van der Waals surface area (Å²) in [6.07, 6.45) is 1.08. The number of thioether (sulfide) groups is 1. The number of para-hydroxylation sites is 1. The highest BCUT2D eigenvalue weighted by molar-refractivity contribution is 8.05. The van der Waals surface area contributed by atoms with Crippen LogP contribution in [0.15, 0.2) is 89.5 Å². The van der Waals surface area contributed by atoms with Gasteiger partial charge in [0, 0.05) is 17.3 Å². The van der Waals surface area contributed by atoms with Gasteiger partial charge in [-0.15, -0.1) is 0 Å². The number of nitrogens with one attached hydrogen (secondary N) is 1. The Balaban J connectivity index is 1.60. The van der Waals surface area contributed by atoms with Crippen molar-refractivity contribution < 1.29 is 9.59 Å². The van der Waals surface area contributed by atoms with E-state index in [0.29, 0.717) is 35.1 Å². The molecule has 1 heterocycles. The van der Waals surface area contributed by atoms with Crippen LogP contribution in [0.25, 0.3) is 0 Å². The Morgan fingerprint density at radius 1 is 1.06 bits per heavy atom. The summed E-state index contributed by atoms with van der Waals surface area (Å²) < 4.78 is 0. The van der Waals surface area contributed by atoms with Crippen LogP contribution in [0.3, 0.4) is 0 Å². The molecule has 1 unspecified atom stereocenters. The van der Waals surface area contributed by atoms with E-state index < -0.39 is 11.2 Å². The van der Waals surface area contributed by atoms with E-state index in [9.17, 15) is 14.9 Å². The van der Waals surface area contributed by atoms with Crippen LogP contribution in [0.2, 0.25) is 5.02 Å². The minimum Gasteiger partial charge on any atom is -0.351 e. The van der Waals surface area contributed by atoms with Gasteiger partial charge in [-0.3, -0.25) is 14.5 Å². The molecule has 1 atom stereocenters. The largest absolute Gasteiger partial charge is 0.351 e. The molecule has 0 spiro atoms. The zero-order valence-electron chi connectivity index (χ0n) is 19.2. The molecular formula is C28H24ClN3O2S. The van der Waals surface area contributed by atoms with E-state index >= 15 is 0 Å². The molecule has 3 aromatic rings. The highest BCUT2D eigenvalue weighted by atomic mass is 35.5. The first kappa shape index (κ1) is 24.6. The van der Waals surface area contributed by atoms with Gasteiger partial charge in [0.25, 0.3) is 5.91 Å². The number of aryl methyl sites for hydroxylation is 1. The maximum Gasteiger partial charge on any atom is 0.264 e. The smallest absolute Gasteiger partial charge is 0.264 e. The number of halogens is 1. The SMILES string of the molecule is Cc1ccc(CC2S/C(=C(/C#N)C(=O)NCCc3ccccc3)N(c3ccccc3)C2=O)cc1Cl. The lowest BCUT2D eigenvalue weighted by Crippen LogP contribution is -2.32. The summed E-state index contributed by atoms with van der Waals surface area (Å²) >= 11 is 7.54. The van der Waals surface area contributed by atoms with Gasteiger partial charge in [0.2, 0.25) is 5.91 Å². The number of amides is 2. The van der Waals surface area contributed by atoms with Crippen LogP contribution < -0.4 is 10.2 Å². The van der Waals surface area contributed by atoms with Crippen molar-refractivity contribution >= 4 is 40.9 Å². The topological polar surface area (TPSA) is 73.2 Å². The second kappa shape index (κ2) is 11.3. The quantitative estimate of drug-likeness (QED) is 0.346. The third-order valence-electron chi connectivity index (χ3n) is 5.72. The van der Waals surface area contributed by atoms with E-state index in [1.54, 1.807) is 12.1 Å². The second-order valence-corrected chi connectivity index (χ2v) is 9.79. The molecule has 1 N–H and O–H groups in total. The molecule has 0 bridgehead atoms. The predicted molar refractivity (Wildman–Crippen MR) is 141 cm³/mol. The lowest BCUT2D eigenvalue weighted by atomic mass is 10.1. The van der Waals surface area contributed by atoms with Gasteiger partial charge in [0.1, 0.15) is 16.7 Å². The van der Waals surface area contributed by atoms with Gasteiger partial charge >= 0.3 is 0 Å². The highest BCUT2D eigenvalue weighted by Crippen LogP contribution is 2.42. The van der Waals surface area contributed by atoms with Crippen LogP contribution in [-0.4, -0.2) is 23.6 Å². The molecule has 1 aliphatic rings. The number of hydrogen-bond donors (Lipinski definition) is 1. The van der Waals surface area contributed by atoms with Gasteiger partial charge in [0.05, 0.1) is 5.25 Å². The van der Waals surface area contributed by atoms with Crippen molar-refractivity contribution in [1.82, 2.24) is 5.32 Å². The summed E-state index contributed by atoms with van der Waals surface area (Å²) in [6.45, 7) is 2.31. The molecular weight excluding hydrogens is 478 g/mol. The third-order valence-corrected chi connectivity index (χ3v) is 7.39. The van der Waals surface area contributed by atoms with Crippen LogP contribution in [-0.2, 0) is 22.4 Å². The van der Waals surface area contributed by atoms with Crippen molar-refractivity contribution in [2.75, 3.05) is 11.4 Å². The van der Waals surface area contributed by atoms with Crippen LogP contribution in [0.1, 0.15) is 16.7 Å². The molecule has 7 heteroatoms. The summed E-state index contributed by atoms with van der Waals surface area (Å²) in [5.41, 5.74) is 3.53. The lowest BCUT2D eigenvalue weighted by Gasteiger charge is -2.18. The summed E-state index contributed by atoms with van der Waals surface area (Å²) in [5.74, 6) is -0.656. The van der Waals surface area contributed by atoms with Crippen molar-refractivity contribution in [3.05, 3.63) is 111 Å². The van der Waals surface area contributed by atoms with Gasteiger partial charge in [-0.05, 0) is 54.7 Å². The Morgan fingerprint density at radius 3 is 2.40 bits per heavy atom. The molecule has 35 heavy (non-hydrogen) atoms. The summed E-state index contributed by atoms with van der Waals surface area (Å²) in [6, 6.07) is 26.7. The van der Waals surface area contributed by atoms with Gasteiger partial charge < -0.3 is 5.32 Å². The average molecular weight is 502 g/mol. The first-order valence-corrected chi connectivity index (χ1v) is 12.5. The monoisotopic (exact) mass is 501 g/mol. The summed E-state index contributed by atoms with van der Waals surface area (Å²) in [4.78, 5) is 28.0. The first-order chi connectivity index (χ1) is 17.0. The molecule has 3 aromatic carbocycles. The Bertz CT molecular complexity index is 1300. The van der Waals surface area contributed by atoms with E-state index in [1.807, 2.05) is 79.7 Å². The van der Waals surface area contributed by atoms with E-state index in [-0.39, 0.29) is 11.5 Å². The molecule has 0 saturated carbocycles. The van der Waals surface area contributed by atoms with Crippen LogP contribution in [0.4, 0.5) is 5.69 Å². The number of carbonyl (C=O) groups is 2. The Labute approximate surface area is 214 Å². The van der Waals surface area contributed by atoms with E-state index in [1.165, 1.54) is 16.7 Å². The van der Waals surface area contributed by atoms with Gasteiger partial charge in [-0.25, -0.2) is 0 Å². The van der Waals surface area contributed by atoms with E-state index in [2.05, 4.69) is 5.32 Å². The Morgan fingerprint density at radius 2 is 1.74 bits per heavy atom. The average Bonchev–Trinajstić information content (AvgIpc) is 3.18. The fourth-order valence-corrected chi connectivity index (χ4v) is 5.34. The predicted octanol–water partition coefficient (Wildman–Crippen LogP) is 5.43. The molecule has 176 valence electrons. The fraction of sp³-hybridized carbons (Fsp3) is 0.179. The molecule has 2 amide bonds. The molecule has 4 rings (SSSR count). The first-order valence-electron chi connectivity index (χ1n) is 11.2. The van der Waals surface area contributed by atoms with Gasteiger partial charge in [-0.1, -0.05) is 84.0 Å². The molecule has 1 aliphatic heterocycles. The molecule has 5 nitrogen and oxygen atoms in total. The van der Waals surface area contributed by atoms with Gasteiger partial charge in [0.15, 0.2) is 0 Å². The van der Waals surface area contributed by atoms with Crippen molar-refractivity contribution in [2.45, 2.75) is 25.0 Å².